The van der Waals surface area contributed by atoms with E-state index in [0.29, 0.717) is 18.4 Å². The van der Waals surface area contributed by atoms with Gasteiger partial charge in [-0.2, -0.15) is 0 Å². The molecule has 0 bridgehead atoms. The Morgan fingerprint density at radius 2 is 1.70 bits per heavy atom. The molecule has 0 amide bonds. The second-order valence-electron chi connectivity index (χ2n) is 15.7. The van der Waals surface area contributed by atoms with Crippen molar-refractivity contribution >= 4 is 23.7 Å². The van der Waals surface area contributed by atoms with Gasteiger partial charge in [-0.25, -0.2) is 14.0 Å². The van der Waals surface area contributed by atoms with E-state index in [9.17, 15) is 34.4 Å². The predicted molar refractivity (Wildman–Crippen MR) is 191 cm³/mol. The number of benzene rings is 1. The van der Waals surface area contributed by atoms with Gasteiger partial charge in [0.2, 0.25) is 5.78 Å². The highest BCUT2D eigenvalue weighted by atomic mass is 19.1. The fraction of sp³-hybridized carbons (Fsp3) is 0.641. The molecule has 3 saturated carbocycles. The summed E-state index contributed by atoms with van der Waals surface area (Å²) in [6.07, 6.45) is 1.66. The molecule has 4 fully saturated rings. The van der Waals surface area contributed by atoms with Gasteiger partial charge in [-0.1, -0.05) is 18.6 Å². The van der Waals surface area contributed by atoms with Crippen LogP contribution in [0.4, 0.5) is 9.18 Å². The van der Waals surface area contributed by atoms with Crippen molar-refractivity contribution in [3.8, 4) is 11.5 Å². The molecule has 0 aromatic heterocycles. The van der Waals surface area contributed by atoms with Crippen molar-refractivity contribution in [3.63, 3.8) is 0 Å². The average molecular weight is 806 g/mol. The maximum Gasteiger partial charge on any atom is 0.514 e. The lowest BCUT2D eigenvalue weighted by atomic mass is 9.44. The van der Waals surface area contributed by atoms with E-state index >= 15 is 4.39 Å². The second kappa shape index (κ2) is 16.0. The summed E-state index contributed by atoms with van der Waals surface area (Å²) in [5, 5.41) is 21.0. The van der Waals surface area contributed by atoms with E-state index in [1.807, 2.05) is 0 Å². The van der Waals surface area contributed by atoms with Crippen LogP contribution in [0.2, 0.25) is 0 Å². The lowest BCUT2D eigenvalue weighted by molar-refractivity contribution is -0.758. The number of allylic oxidation sites excluding steroid dienone is 4. The van der Waals surface area contributed by atoms with E-state index < -0.39 is 81.5 Å². The van der Waals surface area contributed by atoms with Crippen molar-refractivity contribution in [1.29, 1.82) is 0 Å². The number of hydrogen-bond donors (Lipinski definition) is 1. The Morgan fingerprint density at radius 1 is 1.00 bits per heavy atom. The molecule has 17 nitrogen and oxygen atoms in total. The summed E-state index contributed by atoms with van der Waals surface area (Å²) >= 11 is 0. The molecule has 1 aromatic rings. The van der Waals surface area contributed by atoms with Crippen molar-refractivity contribution in [1.82, 2.24) is 0 Å². The lowest BCUT2D eigenvalue weighted by Crippen LogP contribution is -2.70. The summed E-state index contributed by atoms with van der Waals surface area (Å²) in [5.74, 6) is -4.08. The molecule has 1 aliphatic heterocycles. The smallest absolute Gasteiger partial charge is 0.493 e. The minimum atomic E-state index is -2.13. The molecule has 312 valence electrons. The van der Waals surface area contributed by atoms with Gasteiger partial charge >= 0.3 is 12.1 Å². The van der Waals surface area contributed by atoms with Gasteiger partial charge in [-0.05, 0) is 82.7 Å². The molecule has 1 aromatic carbocycles. The van der Waals surface area contributed by atoms with Crippen molar-refractivity contribution in [2.24, 2.45) is 22.7 Å². The van der Waals surface area contributed by atoms with Crippen molar-refractivity contribution in [3.05, 3.63) is 57.7 Å². The monoisotopic (exact) mass is 805 g/mol. The number of fused-ring (bicyclic) bond motifs is 7. The minimum absolute atomic E-state index is 0.0106. The number of esters is 1. The van der Waals surface area contributed by atoms with Crippen molar-refractivity contribution in [2.45, 2.75) is 82.6 Å². The first-order valence-corrected chi connectivity index (χ1v) is 18.8. The molecular formula is C39H48FNO16. The van der Waals surface area contributed by atoms with Gasteiger partial charge in [0, 0.05) is 16.7 Å². The van der Waals surface area contributed by atoms with Crippen LogP contribution in [0.25, 0.3) is 0 Å². The standard InChI is InChI=1S/C39H48FNO16/c1-35(2)56-32-20-27-26-8-7-24-19-25(42)10-11-36(24,3)38(26,40)30(43)21-37(27,4)39(32,57-35)31(44)22-53-34(46)55-28-9-6-23(18-29(28)49-5)33(45)52-16-14-50-12-13-51-15-17-54-41(47)48/h6,9-11,18-19,26-27,30,32,43H,7-8,12-17,20-22H2,1-5H3/t26?,27?,30-,32+,36-,37-,38-,39+/m0/s1. The molecule has 0 spiro atoms. The number of rotatable bonds is 16. The molecular weight excluding hydrogens is 757 g/mol. The van der Waals surface area contributed by atoms with Crippen molar-refractivity contribution < 1.29 is 76.5 Å². The Kier molecular flexibility index (Phi) is 11.9. The van der Waals surface area contributed by atoms with Gasteiger partial charge in [0.05, 0.1) is 51.3 Å². The topological polar surface area (TPSA) is 215 Å². The summed E-state index contributed by atoms with van der Waals surface area (Å²) in [7, 11) is 1.29. The fourth-order valence-electron chi connectivity index (χ4n) is 9.81. The molecule has 6 rings (SSSR count). The maximum absolute atomic E-state index is 17.7. The van der Waals surface area contributed by atoms with Crippen LogP contribution >= 0.6 is 0 Å². The zero-order valence-corrected chi connectivity index (χ0v) is 32.4. The number of aliphatic hydroxyl groups excluding tert-OH is 1. The van der Waals surface area contributed by atoms with Crippen LogP contribution in [-0.4, -0.2) is 117 Å². The number of methoxy groups -OCH3 is 1. The number of halogens is 1. The number of Topliss-reactive ketones (excluding diaryl/α,β-unsaturated/α-hetero) is 1. The molecule has 8 atom stereocenters. The van der Waals surface area contributed by atoms with Gasteiger partial charge in [0.1, 0.15) is 13.2 Å². The Labute approximate surface area is 327 Å². The van der Waals surface area contributed by atoms with Gasteiger partial charge in [-0.3, -0.25) is 9.59 Å². The van der Waals surface area contributed by atoms with Crippen LogP contribution in [0.3, 0.4) is 0 Å². The highest BCUT2D eigenvalue weighted by Gasteiger charge is 2.80. The molecule has 5 aliphatic rings. The average Bonchev–Trinajstić information content (AvgIpc) is 3.57. The van der Waals surface area contributed by atoms with Gasteiger partial charge in [0.25, 0.3) is 5.09 Å². The largest absolute Gasteiger partial charge is 0.514 e. The molecule has 1 saturated heterocycles. The predicted octanol–water partition coefficient (Wildman–Crippen LogP) is 4.05. The summed E-state index contributed by atoms with van der Waals surface area (Å²) in [5.41, 5.74) is -5.47. The molecule has 1 heterocycles. The van der Waals surface area contributed by atoms with Crippen LogP contribution in [0, 0.1) is 32.8 Å². The number of carbonyl (C=O) groups is 4. The third-order valence-electron chi connectivity index (χ3n) is 12.2. The number of aliphatic hydroxyl groups is 1. The van der Waals surface area contributed by atoms with E-state index in [2.05, 4.69) is 4.84 Å². The highest BCUT2D eigenvalue weighted by Crippen LogP contribution is 2.72. The number of nitrogens with zero attached hydrogens (tertiary/aromatic N) is 1. The third-order valence-corrected chi connectivity index (χ3v) is 12.2. The zero-order valence-electron chi connectivity index (χ0n) is 32.4. The number of ether oxygens (including phenoxy) is 8. The van der Waals surface area contributed by atoms with Crippen LogP contribution in [0.5, 0.6) is 11.5 Å². The summed E-state index contributed by atoms with van der Waals surface area (Å²) < 4.78 is 62.1. The number of alkyl halides is 1. The number of ketones is 2. The molecule has 4 aliphatic carbocycles. The quantitative estimate of drug-likeness (QED) is 0.0820. The molecule has 1 N–H and O–H groups in total. The molecule has 0 radical (unpaired) electrons. The fourth-order valence-corrected chi connectivity index (χ4v) is 9.81. The Hall–Kier alpha value is -4.49. The van der Waals surface area contributed by atoms with Gasteiger partial charge in [-0.15, -0.1) is 10.1 Å². The lowest BCUT2D eigenvalue weighted by Gasteiger charge is -2.62. The maximum atomic E-state index is 17.7. The van der Waals surface area contributed by atoms with Crippen molar-refractivity contribution in [2.75, 3.05) is 53.4 Å². The summed E-state index contributed by atoms with van der Waals surface area (Å²) in [6.45, 7) is 6.13. The third kappa shape index (κ3) is 7.53. The van der Waals surface area contributed by atoms with E-state index in [4.69, 9.17) is 37.9 Å². The minimum Gasteiger partial charge on any atom is -0.493 e. The van der Waals surface area contributed by atoms with Crippen LogP contribution < -0.4 is 9.47 Å². The second-order valence-corrected chi connectivity index (χ2v) is 15.7. The molecule has 18 heteroatoms. The van der Waals surface area contributed by atoms with E-state index in [0.717, 1.165) is 0 Å². The normalized spacial score (nSPS) is 33.2. The van der Waals surface area contributed by atoms with Gasteiger partial charge < -0.3 is 47.8 Å². The number of hydrogen-bond acceptors (Lipinski definition) is 16. The van der Waals surface area contributed by atoms with E-state index in [-0.39, 0.29) is 75.3 Å². The first kappa shape index (κ1) is 42.1. The van der Waals surface area contributed by atoms with E-state index in [1.165, 1.54) is 37.5 Å². The first-order valence-electron chi connectivity index (χ1n) is 18.8. The molecule has 57 heavy (non-hydrogen) atoms. The van der Waals surface area contributed by atoms with E-state index in [1.54, 1.807) is 33.8 Å². The molecule has 2 unspecified atom stereocenters. The Bertz CT molecular complexity index is 1830. The Balaban J connectivity index is 1.07. The zero-order chi connectivity index (χ0) is 41.4. The summed E-state index contributed by atoms with van der Waals surface area (Å²) in [6, 6.07) is 3.91. The summed E-state index contributed by atoms with van der Waals surface area (Å²) in [4.78, 5) is 66.4. The Morgan fingerprint density at radius 3 is 2.40 bits per heavy atom. The van der Waals surface area contributed by atoms with Crippen LogP contribution in [-0.2, 0) is 42.8 Å². The highest BCUT2D eigenvalue weighted by molar-refractivity contribution is 6.01. The first-order chi connectivity index (χ1) is 26.9. The number of carbonyl (C=O) groups excluding carboxylic acids is 4. The van der Waals surface area contributed by atoms with Gasteiger partial charge in [0.15, 0.2) is 40.9 Å². The SMILES string of the molecule is COc1cc(C(=O)OCCOCCOCCO[N+](=O)[O-])ccc1OC(=O)OCC(=O)[C@@]12OC(C)(C)O[C@@H]1CC1C3CCC4=CC(=O)C=C[C@]4(C)[C@@]3(F)[C@@H](O)C[C@@]12C. The van der Waals surface area contributed by atoms with Crippen LogP contribution in [0.1, 0.15) is 63.7 Å². The van der Waals surface area contributed by atoms with Crippen LogP contribution in [0.15, 0.2) is 42.0 Å².